The zero-order chi connectivity index (χ0) is 7.82. The molecule has 0 saturated carbocycles. The minimum absolute atomic E-state index is 0.178. The fourth-order valence-electron chi connectivity index (χ4n) is 0.697. The van der Waals surface area contributed by atoms with Crippen LogP contribution in [0.5, 0.6) is 0 Å². The Bertz CT molecular complexity index is 65.9. The first-order valence-corrected chi connectivity index (χ1v) is 3.94. The Kier molecular flexibility index (Phi) is 6.91. The van der Waals surface area contributed by atoms with Gasteiger partial charge in [-0.1, -0.05) is 6.92 Å². The summed E-state index contributed by atoms with van der Waals surface area (Å²) >= 11 is 0. The van der Waals surface area contributed by atoms with Crippen LogP contribution in [0.2, 0.25) is 0 Å². The van der Waals surface area contributed by atoms with E-state index in [1.807, 2.05) is 7.05 Å². The Labute approximate surface area is 63.4 Å². The normalized spacial score (nSPS) is 13.5. The van der Waals surface area contributed by atoms with E-state index in [9.17, 15) is 0 Å². The van der Waals surface area contributed by atoms with E-state index in [1.54, 1.807) is 0 Å². The lowest BCUT2D eigenvalue weighted by Gasteiger charge is -2.10. The Hall–Kier alpha value is -0.120. The van der Waals surface area contributed by atoms with Crippen LogP contribution in [0.1, 0.15) is 19.8 Å². The molecule has 0 aromatic carbocycles. The van der Waals surface area contributed by atoms with E-state index in [4.69, 9.17) is 5.73 Å². The molecule has 0 heterocycles. The minimum atomic E-state index is 0.178. The maximum atomic E-state index is 5.62. The topological polar surface area (TPSA) is 50.1 Å². The monoisotopic (exact) mass is 145 g/mol. The minimum Gasteiger partial charge on any atom is -0.320 e. The van der Waals surface area contributed by atoms with Gasteiger partial charge in [0.05, 0.1) is 6.17 Å². The molecule has 3 nitrogen and oxygen atoms in total. The van der Waals surface area contributed by atoms with Gasteiger partial charge in [-0.25, -0.2) is 0 Å². The molecule has 10 heavy (non-hydrogen) atoms. The van der Waals surface area contributed by atoms with Crippen molar-refractivity contribution in [1.29, 1.82) is 0 Å². The molecule has 0 rings (SSSR count). The van der Waals surface area contributed by atoms with Gasteiger partial charge in [0.2, 0.25) is 0 Å². The highest BCUT2D eigenvalue weighted by atomic mass is 15.0. The van der Waals surface area contributed by atoms with Crippen LogP contribution in [-0.2, 0) is 0 Å². The molecule has 62 valence electrons. The van der Waals surface area contributed by atoms with Gasteiger partial charge in [0.25, 0.3) is 0 Å². The third-order valence-corrected chi connectivity index (χ3v) is 1.45. The van der Waals surface area contributed by atoms with Crippen molar-refractivity contribution < 1.29 is 0 Å². The Morgan fingerprint density at radius 1 is 1.40 bits per heavy atom. The standard InChI is InChI=1S/C7H19N3/c1-3-7(8)10-6-4-5-9-2/h7,9-10H,3-6,8H2,1-2H3. The van der Waals surface area contributed by atoms with Crippen LogP contribution in [0.3, 0.4) is 0 Å². The first kappa shape index (κ1) is 9.88. The summed E-state index contributed by atoms with van der Waals surface area (Å²) < 4.78 is 0. The molecule has 0 aromatic rings. The lowest BCUT2D eigenvalue weighted by molar-refractivity contribution is 0.501. The molecule has 1 atom stereocenters. The van der Waals surface area contributed by atoms with E-state index >= 15 is 0 Å². The number of nitrogens with one attached hydrogen (secondary N) is 2. The Morgan fingerprint density at radius 2 is 2.10 bits per heavy atom. The van der Waals surface area contributed by atoms with Crippen LogP contribution in [0.4, 0.5) is 0 Å². The molecular weight excluding hydrogens is 126 g/mol. The van der Waals surface area contributed by atoms with Crippen LogP contribution >= 0.6 is 0 Å². The summed E-state index contributed by atoms with van der Waals surface area (Å²) in [5, 5.41) is 6.28. The average Bonchev–Trinajstić information content (AvgIpc) is 1.98. The molecule has 0 spiro atoms. The van der Waals surface area contributed by atoms with Gasteiger partial charge < -0.3 is 16.4 Å². The van der Waals surface area contributed by atoms with Crippen LogP contribution in [-0.4, -0.2) is 26.3 Å². The van der Waals surface area contributed by atoms with Gasteiger partial charge in [-0.3, -0.25) is 0 Å². The fraction of sp³-hybridized carbons (Fsp3) is 1.00. The second kappa shape index (κ2) is 6.99. The Balaban J connectivity index is 2.89. The molecule has 0 aliphatic rings. The van der Waals surface area contributed by atoms with E-state index in [1.165, 1.54) is 0 Å². The third kappa shape index (κ3) is 6.01. The maximum Gasteiger partial charge on any atom is 0.0543 e. The van der Waals surface area contributed by atoms with Gasteiger partial charge in [-0.15, -0.1) is 0 Å². The van der Waals surface area contributed by atoms with Gasteiger partial charge in [0.15, 0.2) is 0 Å². The first-order valence-electron chi connectivity index (χ1n) is 3.94. The van der Waals surface area contributed by atoms with Crippen molar-refractivity contribution in [3.63, 3.8) is 0 Å². The van der Waals surface area contributed by atoms with Gasteiger partial charge in [0, 0.05) is 0 Å². The number of nitrogens with two attached hydrogens (primary N) is 1. The number of hydrogen-bond acceptors (Lipinski definition) is 3. The summed E-state index contributed by atoms with van der Waals surface area (Å²) in [6.07, 6.45) is 2.32. The van der Waals surface area contributed by atoms with Crippen molar-refractivity contribution in [1.82, 2.24) is 10.6 Å². The van der Waals surface area contributed by atoms with Crippen molar-refractivity contribution in [2.45, 2.75) is 25.9 Å². The summed E-state index contributed by atoms with van der Waals surface area (Å²) in [6, 6.07) is 0. The summed E-state index contributed by atoms with van der Waals surface area (Å²) in [5.74, 6) is 0. The molecule has 0 aliphatic heterocycles. The SMILES string of the molecule is CCC(N)NCCCNC. The lowest BCUT2D eigenvalue weighted by Crippen LogP contribution is -2.37. The van der Waals surface area contributed by atoms with E-state index in [0.29, 0.717) is 0 Å². The highest BCUT2D eigenvalue weighted by Crippen LogP contribution is 1.80. The summed E-state index contributed by atoms with van der Waals surface area (Å²) in [6.45, 7) is 4.15. The van der Waals surface area contributed by atoms with Crippen molar-refractivity contribution in [3.05, 3.63) is 0 Å². The molecule has 0 amide bonds. The molecule has 4 N–H and O–H groups in total. The van der Waals surface area contributed by atoms with E-state index in [0.717, 1.165) is 25.9 Å². The molecular formula is C7H19N3. The zero-order valence-electron chi connectivity index (χ0n) is 6.98. The van der Waals surface area contributed by atoms with Crippen molar-refractivity contribution in [3.8, 4) is 0 Å². The van der Waals surface area contributed by atoms with Crippen LogP contribution in [0, 0.1) is 0 Å². The van der Waals surface area contributed by atoms with Gasteiger partial charge >= 0.3 is 0 Å². The summed E-state index contributed by atoms with van der Waals surface area (Å²) in [7, 11) is 1.96. The van der Waals surface area contributed by atoms with Crippen molar-refractivity contribution >= 4 is 0 Å². The first-order chi connectivity index (χ1) is 4.81. The molecule has 0 radical (unpaired) electrons. The van der Waals surface area contributed by atoms with Crippen molar-refractivity contribution in [2.24, 2.45) is 5.73 Å². The van der Waals surface area contributed by atoms with Crippen molar-refractivity contribution in [2.75, 3.05) is 20.1 Å². The Morgan fingerprint density at radius 3 is 2.60 bits per heavy atom. The van der Waals surface area contributed by atoms with E-state index < -0.39 is 0 Å². The lowest BCUT2D eigenvalue weighted by atomic mass is 10.3. The van der Waals surface area contributed by atoms with Crippen LogP contribution < -0.4 is 16.4 Å². The number of rotatable bonds is 6. The number of hydrogen-bond donors (Lipinski definition) is 3. The van der Waals surface area contributed by atoms with E-state index in [-0.39, 0.29) is 6.17 Å². The molecule has 0 saturated heterocycles. The summed E-state index contributed by atoms with van der Waals surface area (Å²) in [5.41, 5.74) is 5.62. The molecule has 0 aromatic heterocycles. The predicted octanol–water partition coefficient (Wildman–Crippen LogP) is -0.120. The molecule has 3 heteroatoms. The third-order valence-electron chi connectivity index (χ3n) is 1.45. The predicted molar refractivity (Wildman–Crippen MR) is 44.8 cm³/mol. The molecule has 1 unspecified atom stereocenters. The molecule has 0 aliphatic carbocycles. The quantitative estimate of drug-likeness (QED) is 0.361. The second-order valence-electron chi connectivity index (χ2n) is 2.43. The largest absolute Gasteiger partial charge is 0.320 e. The van der Waals surface area contributed by atoms with Gasteiger partial charge in [-0.2, -0.15) is 0 Å². The highest BCUT2D eigenvalue weighted by Gasteiger charge is 1.94. The fourth-order valence-corrected chi connectivity index (χ4v) is 0.697. The molecule has 0 fully saturated rings. The second-order valence-corrected chi connectivity index (χ2v) is 2.43. The highest BCUT2D eigenvalue weighted by molar-refractivity contribution is 4.55. The van der Waals surface area contributed by atoms with Crippen LogP contribution in [0.15, 0.2) is 0 Å². The molecule has 0 bridgehead atoms. The zero-order valence-corrected chi connectivity index (χ0v) is 6.98. The maximum absolute atomic E-state index is 5.62. The smallest absolute Gasteiger partial charge is 0.0543 e. The average molecular weight is 145 g/mol. The summed E-state index contributed by atoms with van der Waals surface area (Å²) in [4.78, 5) is 0. The van der Waals surface area contributed by atoms with Gasteiger partial charge in [0.1, 0.15) is 0 Å². The van der Waals surface area contributed by atoms with Gasteiger partial charge in [-0.05, 0) is 33.0 Å². The van der Waals surface area contributed by atoms with Crippen LogP contribution in [0.25, 0.3) is 0 Å². The van der Waals surface area contributed by atoms with E-state index in [2.05, 4.69) is 17.6 Å².